The molecule has 0 amide bonds. The highest BCUT2D eigenvalue weighted by atomic mass is 16.6. The lowest BCUT2D eigenvalue weighted by molar-refractivity contribution is -0.160. The minimum Gasteiger partial charge on any atom is -0.461 e. The molecule has 1 saturated heterocycles. The lowest BCUT2D eigenvalue weighted by Gasteiger charge is -2.31. The zero-order chi connectivity index (χ0) is 10.7. The third-order valence-corrected chi connectivity index (χ3v) is 2.31. The zero-order valence-corrected chi connectivity index (χ0v) is 9.03. The van der Waals surface area contributed by atoms with Gasteiger partial charge in [-0.3, -0.25) is 4.79 Å². The van der Waals surface area contributed by atoms with Crippen molar-refractivity contribution >= 4 is 5.97 Å². The first-order chi connectivity index (χ1) is 6.49. The average molecular weight is 201 g/mol. The molecule has 2 unspecified atom stereocenters. The molecule has 1 rings (SSSR count). The molecule has 4 nitrogen and oxygen atoms in total. The first-order valence-electron chi connectivity index (χ1n) is 5.10. The third-order valence-electron chi connectivity index (χ3n) is 2.31. The molecule has 0 spiro atoms. The van der Waals surface area contributed by atoms with Crippen molar-refractivity contribution in [1.29, 1.82) is 0 Å². The van der Waals surface area contributed by atoms with Crippen molar-refractivity contribution in [3.05, 3.63) is 0 Å². The maximum atomic E-state index is 11.2. The Kier molecular flexibility index (Phi) is 3.89. The molecule has 1 aliphatic heterocycles. The molecule has 0 saturated carbocycles. The molecule has 0 bridgehead atoms. The number of esters is 1. The van der Waals surface area contributed by atoms with Gasteiger partial charge in [0.25, 0.3) is 0 Å². The molecule has 0 radical (unpaired) electrons. The van der Waals surface area contributed by atoms with E-state index in [9.17, 15) is 4.79 Å². The molecule has 1 aliphatic rings. The summed E-state index contributed by atoms with van der Waals surface area (Å²) in [4.78, 5) is 11.2. The lowest BCUT2D eigenvalue weighted by Crippen LogP contribution is -2.39. The number of hydrogen-bond donors (Lipinski definition) is 1. The number of carbonyl (C=O) groups is 1. The standard InChI is InChI=1S/C10H19NO3/c1-6-4-9(5-7(2)13-6)14-10(12)8(3)11/h6-9H,4-5,11H2,1-3H3/t6?,7?,8-,9?/m0/s1. The lowest BCUT2D eigenvalue weighted by atomic mass is 10.0. The number of hydrogen-bond acceptors (Lipinski definition) is 4. The van der Waals surface area contributed by atoms with Crippen LogP contribution in [0.25, 0.3) is 0 Å². The highest BCUT2D eigenvalue weighted by molar-refractivity contribution is 5.75. The van der Waals surface area contributed by atoms with Crippen molar-refractivity contribution in [1.82, 2.24) is 0 Å². The summed E-state index contributed by atoms with van der Waals surface area (Å²) in [6.45, 7) is 5.61. The molecule has 0 aromatic rings. The fourth-order valence-corrected chi connectivity index (χ4v) is 1.71. The van der Waals surface area contributed by atoms with E-state index in [1.54, 1.807) is 6.92 Å². The quantitative estimate of drug-likeness (QED) is 0.672. The van der Waals surface area contributed by atoms with Gasteiger partial charge in [-0.15, -0.1) is 0 Å². The predicted molar refractivity (Wildman–Crippen MR) is 52.8 cm³/mol. The number of carbonyl (C=O) groups excluding carboxylic acids is 1. The van der Waals surface area contributed by atoms with E-state index in [0.717, 1.165) is 12.8 Å². The van der Waals surface area contributed by atoms with Crippen molar-refractivity contribution in [2.75, 3.05) is 0 Å². The number of ether oxygens (including phenoxy) is 2. The molecular weight excluding hydrogens is 182 g/mol. The van der Waals surface area contributed by atoms with Crippen molar-refractivity contribution in [3.8, 4) is 0 Å². The Balaban J connectivity index is 2.40. The van der Waals surface area contributed by atoms with Gasteiger partial charge < -0.3 is 15.2 Å². The highest BCUT2D eigenvalue weighted by Crippen LogP contribution is 2.21. The van der Waals surface area contributed by atoms with Gasteiger partial charge in [0.2, 0.25) is 0 Å². The van der Waals surface area contributed by atoms with Gasteiger partial charge in [0.05, 0.1) is 12.2 Å². The van der Waals surface area contributed by atoms with Crippen LogP contribution in [0.4, 0.5) is 0 Å². The smallest absolute Gasteiger partial charge is 0.322 e. The van der Waals surface area contributed by atoms with E-state index >= 15 is 0 Å². The zero-order valence-electron chi connectivity index (χ0n) is 9.03. The Morgan fingerprint density at radius 2 is 1.93 bits per heavy atom. The van der Waals surface area contributed by atoms with Crippen LogP contribution in [0.2, 0.25) is 0 Å². The van der Waals surface area contributed by atoms with Crippen LogP contribution in [0, 0.1) is 0 Å². The monoisotopic (exact) mass is 201 g/mol. The van der Waals surface area contributed by atoms with Crippen LogP contribution in [0.15, 0.2) is 0 Å². The maximum Gasteiger partial charge on any atom is 0.322 e. The van der Waals surface area contributed by atoms with E-state index in [-0.39, 0.29) is 24.3 Å². The van der Waals surface area contributed by atoms with Gasteiger partial charge in [0.1, 0.15) is 12.1 Å². The van der Waals surface area contributed by atoms with Gasteiger partial charge in [-0.25, -0.2) is 0 Å². The van der Waals surface area contributed by atoms with Gasteiger partial charge in [-0.1, -0.05) is 0 Å². The topological polar surface area (TPSA) is 61.5 Å². The van der Waals surface area contributed by atoms with Crippen LogP contribution >= 0.6 is 0 Å². The second-order valence-electron chi connectivity index (χ2n) is 4.08. The predicted octanol–water partition coefficient (Wildman–Crippen LogP) is 0.833. The third kappa shape index (κ3) is 3.27. The van der Waals surface area contributed by atoms with Crippen molar-refractivity contribution in [2.24, 2.45) is 5.73 Å². The fraction of sp³-hybridized carbons (Fsp3) is 0.900. The summed E-state index contributed by atoms with van der Waals surface area (Å²) < 4.78 is 10.8. The molecule has 14 heavy (non-hydrogen) atoms. The van der Waals surface area contributed by atoms with Crippen LogP contribution in [0.3, 0.4) is 0 Å². The molecule has 0 aromatic heterocycles. The van der Waals surface area contributed by atoms with E-state index < -0.39 is 6.04 Å². The molecule has 0 aromatic carbocycles. The highest BCUT2D eigenvalue weighted by Gasteiger charge is 2.27. The Morgan fingerprint density at radius 3 is 2.36 bits per heavy atom. The van der Waals surface area contributed by atoms with E-state index in [2.05, 4.69) is 0 Å². The van der Waals surface area contributed by atoms with E-state index in [4.69, 9.17) is 15.2 Å². The summed E-state index contributed by atoms with van der Waals surface area (Å²) >= 11 is 0. The van der Waals surface area contributed by atoms with Gasteiger partial charge in [-0.05, 0) is 20.8 Å². The molecule has 1 heterocycles. The van der Waals surface area contributed by atoms with Crippen LogP contribution in [-0.4, -0.2) is 30.3 Å². The molecule has 2 N–H and O–H groups in total. The molecule has 3 atom stereocenters. The summed E-state index contributed by atoms with van der Waals surface area (Å²) in [7, 11) is 0. The SMILES string of the molecule is CC1CC(OC(=O)[C@H](C)N)CC(C)O1. The second-order valence-corrected chi connectivity index (χ2v) is 4.08. The minimum absolute atomic E-state index is 0.0350. The van der Waals surface area contributed by atoms with Crippen LogP contribution in [0.1, 0.15) is 33.6 Å². The Labute approximate surface area is 84.7 Å². The Bertz CT molecular complexity index is 196. The van der Waals surface area contributed by atoms with Gasteiger partial charge in [0.15, 0.2) is 0 Å². The first-order valence-corrected chi connectivity index (χ1v) is 5.10. The second kappa shape index (κ2) is 4.75. The fourth-order valence-electron chi connectivity index (χ4n) is 1.71. The normalized spacial score (nSPS) is 35.0. The van der Waals surface area contributed by atoms with Crippen molar-refractivity contribution in [3.63, 3.8) is 0 Å². The van der Waals surface area contributed by atoms with Crippen LogP contribution < -0.4 is 5.73 Å². The summed E-state index contributed by atoms with van der Waals surface area (Å²) in [5, 5.41) is 0. The number of nitrogens with two attached hydrogens (primary N) is 1. The van der Waals surface area contributed by atoms with Gasteiger partial charge >= 0.3 is 5.97 Å². The van der Waals surface area contributed by atoms with Crippen LogP contribution in [-0.2, 0) is 14.3 Å². The van der Waals surface area contributed by atoms with E-state index in [0.29, 0.717) is 0 Å². The Morgan fingerprint density at radius 1 is 1.43 bits per heavy atom. The average Bonchev–Trinajstić information content (AvgIpc) is 2.01. The largest absolute Gasteiger partial charge is 0.461 e. The minimum atomic E-state index is -0.538. The molecule has 4 heteroatoms. The maximum absolute atomic E-state index is 11.2. The van der Waals surface area contributed by atoms with Crippen LogP contribution in [0.5, 0.6) is 0 Å². The van der Waals surface area contributed by atoms with Crippen molar-refractivity contribution in [2.45, 2.75) is 58.0 Å². The molecule has 1 fully saturated rings. The van der Waals surface area contributed by atoms with Gasteiger partial charge in [0, 0.05) is 12.8 Å². The molecule has 0 aliphatic carbocycles. The number of rotatable bonds is 2. The van der Waals surface area contributed by atoms with E-state index in [1.165, 1.54) is 0 Å². The first kappa shape index (κ1) is 11.5. The van der Waals surface area contributed by atoms with Crippen molar-refractivity contribution < 1.29 is 14.3 Å². The summed E-state index contributed by atoms with van der Waals surface area (Å²) in [5.74, 6) is -0.323. The summed E-state index contributed by atoms with van der Waals surface area (Å²) in [6.07, 6.45) is 1.81. The summed E-state index contributed by atoms with van der Waals surface area (Å²) in [6, 6.07) is -0.538. The summed E-state index contributed by atoms with van der Waals surface area (Å²) in [5.41, 5.74) is 5.42. The van der Waals surface area contributed by atoms with Gasteiger partial charge in [-0.2, -0.15) is 0 Å². The van der Waals surface area contributed by atoms with E-state index in [1.807, 2.05) is 13.8 Å². The molecular formula is C10H19NO3. The Hall–Kier alpha value is -0.610. The molecule has 82 valence electrons.